The number of amides is 1. The molecule has 4 rings (SSSR count). The Morgan fingerprint density at radius 3 is 2.75 bits per heavy atom. The van der Waals surface area contributed by atoms with Crippen molar-refractivity contribution < 1.29 is 17.9 Å². The van der Waals surface area contributed by atoms with Crippen LogP contribution in [-0.4, -0.2) is 47.9 Å². The number of piperidine rings is 1. The second kappa shape index (κ2) is 9.39. The van der Waals surface area contributed by atoms with Gasteiger partial charge in [-0.1, -0.05) is 6.42 Å². The first kappa shape index (κ1) is 22.4. The molecular weight excluding hydrogens is 452 g/mol. The summed E-state index contributed by atoms with van der Waals surface area (Å²) >= 11 is 1.35. The van der Waals surface area contributed by atoms with Gasteiger partial charge in [0.25, 0.3) is 5.56 Å². The molecule has 3 aromatic rings. The number of carbonyl (C=O) groups excluding carboxylic acids is 1. The molecule has 1 fully saturated rings. The van der Waals surface area contributed by atoms with Crippen LogP contribution in [0.25, 0.3) is 10.2 Å². The van der Waals surface area contributed by atoms with Gasteiger partial charge in [0.05, 0.1) is 28.9 Å². The van der Waals surface area contributed by atoms with Crippen molar-refractivity contribution in [3.05, 3.63) is 46.3 Å². The predicted octanol–water partition coefficient (Wildman–Crippen LogP) is 2.67. The number of nitrogens with zero attached hydrogens (tertiary/aromatic N) is 3. The number of hydrogen-bond donors (Lipinski definition) is 1. The van der Waals surface area contributed by atoms with Gasteiger partial charge >= 0.3 is 0 Å². The van der Waals surface area contributed by atoms with E-state index in [9.17, 15) is 18.0 Å². The number of aromatic nitrogens is 2. The quantitative estimate of drug-likeness (QED) is 0.561. The summed E-state index contributed by atoms with van der Waals surface area (Å²) < 4.78 is 34.4. The Morgan fingerprint density at radius 1 is 1.22 bits per heavy atom. The molecule has 1 aliphatic heterocycles. The summed E-state index contributed by atoms with van der Waals surface area (Å²) in [7, 11) is -3.67. The lowest BCUT2D eigenvalue weighted by molar-refractivity contribution is -0.116. The smallest absolute Gasteiger partial charge is 0.262 e. The highest BCUT2D eigenvalue weighted by molar-refractivity contribution is 7.89. The average Bonchev–Trinajstić information content (AvgIpc) is 3.27. The second-order valence-electron chi connectivity index (χ2n) is 7.42. The zero-order chi connectivity index (χ0) is 22.7. The molecule has 1 N–H and O–H groups in total. The number of anilines is 1. The van der Waals surface area contributed by atoms with E-state index in [-0.39, 0.29) is 22.7 Å². The number of thiophene rings is 1. The van der Waals surface area contributed by atoms with Crippen LogP contribution in [0.4, 0.5) is 5.69 Å². The lowest BCUT2D eigenvalue weighted by Crippen LogP contribution is -2.35. The van der Waals surface area contributed by atoms with Crippen molar-refractivity contribution in [2.24, 2.45) is 0 Å². The van der Waals surface area contributed by atoms with Crippen LogP contribution >= 0.6 is 11.3 Å². The van der Waals surface area contributed by atoms with E-state index in [1.165, 1.54) is 38.7 Å². The van der Waals surface area contributed by atoms with Gasteiger partial charge in [0.2, 0.25) is 15.9 Å². The zero-order valence-electron chi connectivity index (χ0n) is 17.6. The maximum Gasteiger partial charge on any atom is 0.262 e. The maximum absolute atomic E-state index is 13.0. The molecule has 32 heavy (non-hydrogen) atoms. The van der Waals surface area contributed by atoms with E-state index in [4.69, 9.17) is 4.74 Å². The van der Waals surface area contributed by atoms with Gasteiger partial charge in [-0.05, 0) is 49.4 Å². The van der Waals surface area contributed by atoms with E-state index in [0.29, 0.717) is 35.7 Å². The molecule has 1 amide bonds. The summed E-state index contributed by atoms with van der Waals surface area (Å²) in [5.74, 6) is -0.130. The molecule has 0 atom stereocenters. The topological polar surface area (TPSA) is 111 Å². The average molecular weight is 477 g/mol. The lowest BCUT2D eigenvalue weighted by atomic mass is 10.2. The number of nitrogens with one attached hydrogen (secondary N) is 1. The zero-order valence-corrected chi connectivity index (χ0v) is 19.2. The van der Waals surface area contributed by atoms with Crippen LogP contribution in [0.2, 0.25) is 0 Å². The Hall–Kier alpha value is -2.76. The number of hydrogen-bond acceptors (Lipinski definition) is 7. The molecule has 0 bridgehead atoms. The van der Waals surface area contributed by atoms with Crippen LogP contribution in [0.15, 0.2) is 45.7 Å². The fraction of sp³-hybridized carbons (Fsp3) is 0.381. The van der Waals surface area contributed by atoms with Crippen molar-refractivity contribution in [1.29, 1.82) is 0 Å². The highest BCUT2D eigenvalue weighted by Gasteiger charge is 2.27. The standard InChI is InChI=1S/C21H24N4O5S2/c1-2-30-18-7-6-15(32(28,29)25-9-4-3-5-10-25)12-17(18)23-19(26)13-24-14-22-20-16(21(24)27)8-11-31-20/h6-8,11-12,14H,2-5,9-10,13H2,1H3,(H,23,26). The van der Waals surface area contributed by atoms with Crippen LogP contribution in [-0.2, 0) is 21.4 Å². The fourth-order valence-corrected chi connectivity index (χ4v) is 5.92. The number of carbonyl (C=O) groups is 1. The lowest BCUT2D eigenvalue weighted by Gasteiger charge is -2.26. The van der Waals surface area contributed by atoms with E-state index in [2.05, 4.69) is 10.3 Å². The molecule has 0 saturated carbocycles. The Labute approximate surface area is 189 Å². The van der Waals surface area contributed by atoms with Gasteiger partial charge in [-0.3, -0.25) is 14.2 Å². The van der Waals surface area contributed by atoms with Crippen molar-refractivity contribution in [2.75, 3.05) is 25.0 Å². The van der Waals surface area contributed by atoms with Gasteiger partial charge in [0.15, 0.2) is 0 Å². The highest BCUT2D eigenvalue weighted by Crippen LogP contribution is 2.30. The van der Waals surface area contributed by atoms with E-state index in [1.807, 2.05) is 0 Å². The molecule has 11 heteroatoms. The summed E-state index contributed by atoms with van der Waals surface area (Å²) in [4.78, 5) is 30.2. The summed E-state index contributed by atoms with van der Waals surface area (Å²) in [6.07, 6.45) is 4.01. The molecule has 0 radical (unpaired) electrons. The third-order valence-electron chi connectivity index (χ3n) is 5.24. The molecule has 9 nitrogen and oxygen atoms in total. The minimum absolute atomic E-state index is 0.0941. The Morgan fingerprint density at radius 2 is 2.00 bits per heavy atom. The number of ether oxygens (including phenoxy) is 1. The van der Waals surface area contributed by atoms with Crippen molar-refractivity contribution in [3.8, 4) is 5.75 Å². The summed E-state index contributed by atoms with van der Waals surface area (Å²) in [6.45, 7) is 2.85. The molecular formula is C21H24N4O5S2. The molecule has 170 valence electrons. The highest BCUT2D eigenvalue weighted by atomic mass is 32.2. The molecule has 2 aromatic heterocycles. The van der Waals surface area contributed by atoms with Crippen molar-refractivity contribution in [2.45, 2.75) is 37.6 Å². The van der Waals surface area contributed by atoms with Gasteiger partial charge in [0.1, 0.15) is 17.1 Å². The van der Waals surface area contributed by atoms with E-state index < -0.39 is 15.9 Å². The monoisotopic (exact) mass is 476 g/mol. The molecule has 1 saturated heterocycles. The maximum atomic E-state index is 13.0. The number of benzene rings is 1. The Balaban J connectivity index is 1.59. The Bertz CT molecular complexity index is 1290. The third kappa shape index (κ3) is 4.54. The Kier molecular flexibility index (Phi) is 6.58. The van der Waals surface area contributed by atoms with Crippen LogP contribution in [0.3, 0.4) is 0 Å². The molecule has 3 heterocycles. The SMILES string of the molecule is CCOc1ccc(S(=O)(=O)N2CCCCC2)cc1NC(=O)Cn1cnc2sccc2c1=O. The third-order valence-corrected chi connectivity index (χ3v) is 7.96. The summed E-state index contributed by atoms with van der Waals surface area (Å²) in [6, 6.07) is 6.12. The molecule has 1 aromatic carbocycles. The first-order valence-corrected chi connectivity index (χ1v) is 12.7. The van der Waals surface area contributed by atoms with E-state index in [0.717, 1.165) is 19.3 Å². The first-order chi connectivity index (χ1) is 15.4. The minimum atomic E-state index is -3.67. The van der Waals surface area contributed by atoms with Crippen LogP contribution in [0.1, 0.15) is 26.2 Å². The van der Waals surface area contributed by atoms with Crippen LogP contribution < -0.4 is 15.6 Å². The number of sulfonamides is 1. The van der Waals surface area contributed by atoms with Gasteiger partial charge in [0, 0.05) is 13.1 Å². The van der Waals surface area contributed by atoms with E-state index in [1.54, 1.807) is 24.4 Å². The molecule has 0 unspecified atom stereocenters. The largest absolute Gasteiger partial charge is 0.492 e. The van der Waals surface area contributed by atoms with Gasteiger partial charge < -0.3 is 10.1 Å². The fourth-order valence-electron chi connectivity index (χ4n) is 3.65. The van der Waals surface area contributed by atoms with Crippen LogP contribution in [0, 0.1) is 0 Å². The van der Waals surface area contributed by atoms with Crippen molar-refractivity contribution in [1.82, 2.24) is 13.9 Å². The van der Waals surface area contributed by atoms with Gasteiger partial charge in [-0.15, -0.1) is 11.3 Å². The van der Waals surface area contributed by atoms with E-state index >= 15 is 0 Å². The summed E-state index contributed by atoms with van der Waals surface area (Å²) in [5, 5.41) is 4.92. The number of rotatable bonds is 7. The molecule has 1 aliphatic rings. The van der Waals surface area contributed by atoms with Gasteiger partial charge in [-0.2, -0.15) is 4.31 Å². The minimum Gasteiger partial charge on any atom is -0.492 e. The first-order valence-electron chi connectivity index (χ1n) is 10.4. The van der Waals surface area contributed by atoms with Crippen LogP contribution in [0.5, 0.6) is 5.75 Å². The molecule has 0 aliphatic carbocycles. The normalized spacial score (nSPS) is 15.0. The second-order valence-corrected chi connectivity index (χ2v) is 10.3. The van der Waals surface area contributed by atoms with Crippen molar-refractivity contribution in [3.63, 3.8) is 0 Å². The predicted molar refractivity (Wildman–Crippen MR) is 123 cm³/mol. The summed E-state index contributed by atoms with van der Waals surface area (Å²) in [5.41, 5.74) is -0.0644. The number of fused-ring (bicyclic) bond motifs is 1. The van der Waals surface area contributed by atoms with Crippen molar-refractivity contribution >= 4 is 43.2 Å². The molecule has 0 spiro atoms. The van der Waals surface area contributed by atoms with Gasteiger partial charge in [-0.25, -0.2) is 13.4 Å².